The lowest BCUT2D eigenvalue weighted by molar-refractivity contribution is -0.119. The molecule has 0 bridgehead atoms. The number of carbonyl (C=O) groups excluding carboxylic acids is 1. The van der Waals surface area contributed by atoms with Crippen LogP contribution >= 0.6 is 0 Å². The first-order valence-corrected chi connectivity index (χ1v) is 5.53. The number of amides is 1. The van der Waals surface area contributed by atoms with Crippen LogP contribution in [0.5, 0.6) is 0 Å². The van der Waals surface area contributed by atoms with Gasteiger partial charge in [-0.15, -0.1) is 0 Å². The van der Waals surface area contributed by atoms with Crippen LogP contribution in [0, 0.1) is 5.92 Å². The molecule has 0 aromatic carbocycles. The van der Waals surface area contributed by atoms with E-state index in [1.165, 1.54) is 44.9 Å². The quantitative estimate of drug-likeness (QED) is 0.700. The highest BCUT2D eigenvalue weighted by Crippen LogP contribution is 2.21. The van der Waals surface area contributed by atoms with Crippen molar-refractivity contribution in [2.75, 3.05) is 6.54 Å². The summed E-state index contributed by atoms with van der Waals surface area (Å²) in [6.45, 7) is 2.50. The Bertz CT molecular complexity index is 148. The lowest BCUT2D eigenvalue weighted by Gasteiger charge is -2.19. The van der Waals surface area contributed by atoms with Crippen molar-refractivity contribution in [3.05, 3.63) is 0 Å². The second-order valence-electron chi connectivity index (χ2n) is 4.15. The Labute approximate surface area is 81.1 Å². The first-order valence-electron chi connectivity index (χ1n) is 5.53. The Morgan fingerprint density at radius 2 is 1.69 bits per heavy atom. The maximum Gasteiger partial charge on any atom is 0.216 e. The summed E-state index contributed by atoms with van der Waals surface area (Å²) in [5, 5.41) is 2.92. The average molecular weight is 183 g/mol. The summed E-state index contributed by atoms with van der Waals surface area (Å²) >= 11 is 0. The van der Waals surface area contributed by atoms with Gasteiger partial charge in [0.2, 0.25) is 5.91 Å². The van der Waals surface area contributed by atoms with Gasteiger partial charge in [-0.1, -0.05) is 32.1 Å². The summed E-state index contributed by atoms with van der Waals surface area (Å²) in [4.78, 5) is 10.7. The largest absolute Gasteiger partial charge is 0.356 e. The molecule has 13 heavy (non-hydrogen) atoms. The Morgan fingerprint density at radius 3 is 2.23 bits per heavy atom. The molecule has 0 heterocycles. The third kappa shape index (κ3) is 4.91. The predicted octanol–water partition coefficient (Wildman–Crippen LogP) is 2.48. The van der Waals surface area contributed by atoms with Crippen molar-refractivity contribution in [1.82, 2.24) is 5.32 Å². The molecule has 1 rings (SSSR count). The molecule has 1 fully saturated rings. The third-order valence-electron chi connectivity index (χ3n) is 2.86. The van der Waals surface area contributed by atoms with Crippen molar-refractivity contribution < 1.29 is 4.79 Å². The number of nitrogens with one attached hydrogen (secondary N) is 1. The molecule has 2 nitrogen and oxygen atoms in total. The van der Waals surface area contributed by atoms with Gasteiger partial charge in [-0.3, -0.25) is 4.79 Å². The van der Waals surface area contributed by atoms with Crippen LogP contribution in [0.3, 0.4) is 0 Å². The maximum absolute atomic E-state index is 10.7. The van der Waals surface area contributed by atoms with Gasteiger partial charge in [0, 0.05) is 13.5 Å². The standard InChI is InChI=1S/C11H21NO/c1-10(13)12-9-11-7-5-3-2-4-6-8-11/h11H,2-9H2,1H3,(H,12,13). The lowest BCUT2D eigenvalue weighted by Crippen LogP contribution is -2.27. The molecular formula is C11H21NO. The summed E-state index contributed by atoms with van der Waals surface area (Å²) in [7, 11) is 0. The van der Waals surface area contributed by atoms with E-state index in [-0.39, 0.29) is 5.91 Å². The van der Waals surface area contributed by atoms with Gasteiger partial charge in [-0.25, -0.2) is 0 Å². The number of hydrogen-bond acceptors (Lipinski definition) is 1. The maximum atomic E-state index is 10.7. The zero-order valence-electron chi connectivity index (χ0n) is 8.64. The first-order chi connectivity index (χ1) is 6.29. The molecule has 76 valence electrons. The molecule has 0 aliphatic heterocycles. The lowest BCUT2D eigenvalue weighted by atomic mass is 9.91. The van der Waals surface area contributed by atoms with Crippen LogP contribution in [0.4, 0.5) is 0 Å². The van der Waals surface area contributed by atoms with Gasteiger partial charge in [0.05, 0.1) is 0 Å². The molecule has 0 unspecified atom stereocenters. The van der Waals surface area contributed by atoms with Crippen molar-refractivity contribution >= 4 is 5.91 Å². The molecule has 2 heteroatoms. The molecule has 1 saturated carbocycles. The van der Waals surface area contributed by atoms with E-state index >= 15 is 0 Å². The summed E-state index contributed by atoms with van der Waals surface area (Å²) in [5.74, 6) is 0.853. The van der Waals surface area contributed by atoms with Crippen molar-refractivity contribution in [3.8, 4) is 0 Å². The van der Waals surface area contributed by atoms with Crippen LogP contribution in [-0.4, -0.2) is 12.5 Å². The van der Waals surface area contributed by atoms with Gasteiger partial charge in [0.1, 0.15) is 0 Å². The number of hydrogen-bond donors (Lipinski definition) is 1. The summed E-state index contributed by atoms with van der Waals surface area (Å²) in [6.07, 6.45) is 9.50. The van der Waals surface area contributed by atoms with E-state index in [0.717, 1.165) is 12.5 Å². The first kappa shape index (κ1) is 10.6. The van der Waals surface area contributed by atoms with Crippen molar-refractivity contribution in [2.24, 2.45) is 5.92 Å². The Kier molecular flexibility index (Phi) is 4.87. The van der Waals surface area contributed by atoms with Crippen LogP contribution < -0.4 is 5.32 Å². The van der Waals surface area contributed by atoms with Crippen LogP contribution in [-0.2, 0) is 4.79 Å². The molecule has 1 aliphatic carbocycles. The van der Waals surface area contributed by atoms with E-state index in [1.807, 2.05) is 0 Å². The van der Waals surface area contributed by atoms with Crippen molar-refractivity contribution in [3.63, 3.8) is 0 Å². The highest BCUT2D eigenvalue weighted by molar-refractivity contribution is 5.72. The van der Waals surface area contributed by atoms with Crippen LogP contribution in [0.1, 0.15) is 51.9 Å². The molecule has 1 amide bonds. The minimum absolute atomic E-state index is 0.113. The Hall–Kier alpha value is -0.530. The van der Waals surface area contributed by atoms with E-state index in [9.17, 15) is 4.79 Å². The SMILES string of the molecule is CC(=O)NCC1CCCCCCC1. The summed E-state index contributed by atoms with van der Waals surface area (Å²) < 4.78 is 0. The van der Waals surface area contributed by atoms with E-state index in [2.05, 4.69) is 5.32 Å². The van der Waals surface area contributed by atoms with E-state index in [4.69, 9.17) is 0 Å². The van der Waals surface area contributed by atoms with E-state index in [1.54, 1.807) is 6.92 Å². The molecule has 0 aromatic rings. The molecule has 1 aliphatic rings. The molecular weight excluding hydrogens is 162 g/mol. The minimum atomic E-state index is 0.113. The summed E-state index contributed by atoms with van der Waals surface area (Å²) in [5.41, 5.74) is 0. The molecule has 0 radical (unpaired) electrons. The monoisotopic (exact) mass is 183 g/mol. The molecule has 0 saturated heterocycles. The fourth-order valence-corrected chi connectivity index (χ4v) is 2.03. The average Bonchev–Trinajstić information content (AvgIpc) is 2.01. The molecule has 1 N–H and O–H groups in total. The van der Waals surface area contributed by atoms with Gasteiger partial charge in [0.25, 0.3) is 0 Å². The van der Waals surface area contributed by atoms with Crippen molar-refractivity contribution in [1.29, 1.82) is 0 Å². The van der Waals surface area contributed by atoms with E-state index in [0.29, 0.717) is 0 Å². The number of rotatable bonds is 2. The Balaban J connectivity index is 2.17. The van der Waals surface area contributed by atoms with Gasteiger partial charge in [0.15, 0.2) is 0 Å². The highest BCUT2D eigenvalue weighted by atomic mass is 16.1. The van der Waals surface area contributed by atoms with E-state index < -0.39 is 0 Å². The molecule has 0 spiro atoms. The van der Waals surface area contributed by atoms with Crippen molar-refractivity contribution in [2.45, 2.75) is 51.9 Å². The fraction of sp³-hybridized carbons (Fsp3) is 0.909. The van der Waals surface area contributed by atoms with Gasteiger partial charge in [-0.2, -0.15) is 0 Å². The normalized spacial score (nSPS) is 20.4. The third-order valence-corrected chi connectivity index (χ3v) is 2.86. The topological polar surface area (TPSA) is 29.1 Å². The smallest absolute Gasteiger partial charge is 0.216 e. The summed E-state index contributed by atoms with van der Waals surface area (Å²) in [6, 6.07) is 0. The zero-order valence-corrected chi connectivity index (χ0v) is 8.64. The zero-order chi connectivity index (χ0) is 9.52. The predicted molar refractivity (Wildman–Crippen MR) is 54.5 cm³/mol. The molecule has 0 atom stereocenters. The van der Waals surface area contributed by atoms with Gasteiger partial charge < -0.3 is 5.32 Å². The van der Waals surface area contributed by atoms with Gasteiger partial charge in [-0.05, 0) is 18.8 Å². The number of carbonyl (C=O) groups is 1. The fourth-order valence-electron chi connectivity index (χ4n) is 2.03. The second-order valence-corrected chi connectivity index (χ2v) is 4.15. The highest BCUT2D eigenvalue weighted by Gasteiger charge is 2.10. The van der Waals surface area contributed by atoms with Crippen LogP contribution in [0.25, 0.3) is 0 Å². The Morgan fingerprint density at radius 1 is 1.15 bits per heavy atom. The van der Waals surface area contributed by atoms with Crippen LogP contribution in [0.2, 0.25) is 0 Å². The van der Waals surface area contributed by atoms with Crippen LogP contribution in [0.15, 0.2) is 0 Å². The minimum Gasteiger partial charge on any atom is -0.356 e. The second kappa shape index (κ2) is 6.01. The molecule has 0 aromatic heterocycles. The van der Waals surface area contributed by atoms with Gasteiger partial charge >= 0.3 is 0 Å².